The molecule has 0 saturated carbocycles. The van der Waals surface area contributed by atoms with E-state index in [0.717, 1.165) is 37.5 Å². The van der Waals surface area contributed by atoms with E-state index in [9.17, 15) is 5.11 Å². The lowest BCUT2D eigenvalue weighted by Crippen LogP contribution is -2.44. The maximum Gasteiger partial charge on any atom is 0.213 e. The number of aliphatic hydroxyl groups excluding tert-OH is 1. The Hall–Kier alpha value is -1.13. The molecule has 0 radical (unpaired) electrons. The van der Waals surface area contributed by atoms with Crippen LogP contribution in [0.25, 0.3) is 0 Å². The van der Waals surface area contributed by atoms with Gasteiger partial charge in [0.15, 0.2) is 5.96 Å². The maximum atomic E-state index is 9.30. The van der Waals surface area contributed by atoms with E-state index in [0.29, 0.717) is 19.0 Å². The average molecular weight is 478 g/mol. The standard InChI is InChI=1S/C18H30N4O3.HI/c1-14(2)25-16-5-4-15(10-20-16)11-21-17(19-3)22-12-18(6-8-23)7-9-24-13-18;/h4-5,10,14,23H,6-9,11-13H2,1-3H3,(H2,19,21,22);1H. The van der Waals surface area contributed by atoms with Gasteiger partial charge in [0.2, 0.25) is 5.88 Å². The fourth-order valence-corrected chi connectivity index (χ4v) is 2.82. The summed E-state index contributed by atoms with van der Waals surface area (Å²) < 4.78 is 11.1. The van der Waals surface area contributed by atoms with E-state index in [1.54, 1.807) is 13.2 Å². The van der Waals surface area contributed by atoms with E-state index in [2.05, 4.69) is 20.6 Å². The number of ether oxygens (including phenoxy) is 2. The van der Waals surface area contributed by atoms with E-state index in [1.165, 1.54) is 0 Å². The molecule has 0 amide bonds. The number of hydrogen-bond acceptors (Lipinski definition) is 5. The molecule has 0 aliphatic carbocycles. The second kappa shape index (κ2) is 11.6. The zero-order chi connectivity index (χ0) is 18.1. The first kappa shape index (κ1) is 22.9. The van der Waals surface area contributed by atoms with E-state index in [-0.39, 0.29) is 42.1 Å². The van der Waals surface area contributed by atoms with Gasteiger partial charge in [-0.15, -0.1) is 24.0 Å². The third-order valence-electron chi connectivity index (χ3n) is 4.30. The first-order valence-corrected chi connectivity index (χ1v) is 8.81. The number of rotatable bonds is 8. The highest BCUT2D eigenvalue weighted by atomic mass is 127. The molecule has 1 unspecified atom stereocenters. The number of nitrogens with zero attached hydrogens (tertiary/aromatic N) is 2. The number of aromatic nitrogens is 1. The molecule has 1 aromatic heterocycles. The molecule has 1 aliphatic rings. The van der Waals surface area contributed by atoms with E-state index in [4.69, 9.17) is 9.47 Å². The highest BCUT2D eigenvalue weighted by molar-refractivity contribution is 14.0. The van der Waals surface area contributed by atoms with Gasteiger partial charge in [0.05, 0.1) is 12.7 Å². The lowest BCUT2D eigenvalue weighted by molar-refractivity contribution is 0.127. The first-order valence-electron chi connectivity index (χ1n) is 8.81. The normalized spacial score (nSPS) is 20.0. The summed E-state index contributed by atoms with van der Waals surface area (Å²) in [6.45, 7) is 6.92. The zero-order valence-electron chi connectivity index (χ0n) is 15.8. The Balaban J connectivity index is 0.00000338. The maximum absolute atomic E-state index is 9.30. The first-order chi connectivity index (χ1) is 12.1. The summed E-state index contributed by atoms with van der Waals surface area (Å²) in [5.41, 5.74) is 1.04. The Morgan fingerprint density at radius 3 is 2.77 bits per heavy atom. The molecule has 1 atom stereocenters. The van der Waals surface area contributed by atoms with Gasteiger partial charge in [-0.05, 0) is 32.3 Å². The highest BCUT2D eigenvalue weighted by Gasteiger charge is 2.34. The Bertz CT molecular complexity index is 546. The summed E-state index contributed by atoms with van der Waals surface area (Å²) in [6.07, 6.45) is 3.61. The SMILES string of the molecule is CN=C(NCc1ccc(OC(C)C)nc1)NCC1(CCO)CCOC1.I. The molecule has 2 heterocycles. The highest BCUT2D eigenvalue weighted by Crippen LogP contribution is 2.31. The van der Waals surface area contributed by atoms with Gasteiger partial charge in [0, 0.05) is 51.0 Å². The Labute approximate surface area is 173 Å². The van der Waals surface area contributed by atoms with Gasteiger partial charge in [0.1, 0.15) is 0 Å². The molecular weight excluding hydrogens is 447 g/mol. The van der Waals surface area contributed by atoms with Gasteiger partial charge in [-0.1, -0.05) is 6.07 Å². The van der Waals surface area contributed by atoms with Crippen molar-refractivity contribution in [3.8, 4) is 5.88 Å². The average Bonchev–Trinajstić information content (AvgIpc) is 3.05. The second-order valence-electron chi connectivity index (χ2n) is 6.73. The molecule has 148 valence electrons. The number of halogens is 1. The summed E-state index contributed by atoms with van der Waals surface area (Å²) in [6, 6.07) is 3.86. The zero-order valence-corrected chi connectivity index (χ0v) is 18.2. The van der Waals surface area contributed by atoms with E-state index >= 15 is 0 Å². The van der Waals surface area contributed by atoms with Crippen molar-refractivity contribution in [2.24, 2.45) is 10.4 Å². The molecule has 7 nitrogen and oxygen atoms in total. The predicted octanol–water partition coefficient (Wildman–Crippen LogP) is 1.94. The van der Waals surface area contributed by atoms with E-state index in [1.807, 2.05) is 26.0 Å². The topological polar surface area (TPSA) is 88.0 Å². The van der Waals surface area contributed by atoms with Gasteiger partial charge in [-0.25, -0.2) is 4.98 Å². The summed E-state index contributed by atoms with van der Waals surface area (Å²) >= 11 is 0. The molecule has 26 heavy (non-hydrogen) atoms. The number of guanidine groups is 1. The summed E-state index contributed by atoms with van der Waals surface area (Å²) in [4.78, 5) is 8.56. The molecule has 0 bridgehead atoms. The van der Waals surface area contributed by atoms with Crippen LogP contribution in [-0.2, 0) is 11.3 Å². The minimum absolute atomic E-state index is 0. The van der Waals surface area contributed by atoms with Crippen LogP contribution in [0.5, 0.6) is 5.88 Å². The number of aliphatic hydroxyl groups is 1. The quantitative estimate of drug-likeness (QED) is 0.301. The largest absolute Gasteiger partial charge is 0.475 e. The van der Waals surface area contributed by atoms with Crippen molar-refractivity contribution in [1.29, 1.82) is 0 Å². The number of hydrogen-bond donors (Lipinski definition) is 3. The third kappa shape index (κ3) is 7.24. The molecule has 8 heteroatoms. The van der Waals surface area contributed by atoms with Crippen LogP contribution in [0.4, 0.5) is 0 Å². The van der Waals surface area contributed by atoms with Crippen LogP contribution in [0.2, 0.25) is 0 Å². The van der Waals surface area contributed by atoms with Crippen molar-refractivity contribution in [1.82, 2.24) is 15.6 Å². The van der Waals surface area contributed by atoms with Gasteiger partial charge >= 0.3 is 0 Å². The third-order valence-corrected chi connectivity index (χ3v) is 4.30. The van der Waals surface area contributed by atoms with E-state index < -0.39 is 0 Å². The monoisotopic (exact) mass is 478 g/mol. The van der Waals surface area contributed by atoms with Gasteiger partial charge in [-0.3, -0.25) is 4.99 Å². The van der Waals surface area contributed by atoms with Crippen LogP contribution in [0, 0.1) is 5.41 Å². The minimum atomic E-state index is -0.0102. The second-order valence-corrected chi connectivity index (χ2v) is 6.73. The lowest BCUT2D eigenvalue weighted by atomic mass is 9.84. The number of nitrogens with one attached hydrogen (secondary N) is 2. The Morgan fingerprint density at radius 2 is 2.23 bits per heavy atom. The van der Waals surface area contributed by atoms with Crippen molar-refractivity contribution in [3.63, 3.8) is 0 Å². The van der Waals surface area contributed by atoms with Gasteiger partial charge < -0.3 is 25.2 Å². The molecule has 1 saturated heterocycles. The van der Waals surface area contributed by atoms with Gasteiger partial charge in [0.25, 0.3) is 0 Å². The van der Waals surface area contributed by atoms with Crippen LogP contribution in [0.1, 0.15) is 32.3 Å². The molecule has 3 N–H and O–H groups in total. The fourth-order valence-electron chi connectivity index (χ4n) is 2.82. The fraction of sp³-hybridized carbons (Fsp3) is 0.667. The number of pyridine rings is 1. The Kier molecular flexibility index (Phi) is 10.2. The molecule has 0 spiro atoms. The lowest BCUT2D eigenvalue weighted by Gasteiger charge is -2.27. The smallest absolute Gasteiger partial charge is 0.213 e. The minimum Gasteiger partial charge on any atom is -0.475 e. The van der Waals surface area contributed by atoms with Crippen molar-refractivity contribution < 1.29 is 14.6 Å². The van der Waals surface area contributed by atoms with Crippen LogP contribution in [0.15, 0.2) is 23.3 Å². The van der Waals surface area contributed by atoms with Crippen molar-refractivity contribution >= 4 is 29.9 Å². The van der Waals surface area contributed by atoms with Crippen molar-refractivity contribution in [2.75, 3.05) is 33.4 Å². The summed E-state index contributed by atoms with van der Waals surface area (Å²) in [7, 11) is 1.75. The Morgan fingerprint density at radius 1 is 1.42 bits per heavy atom. The number of aliphatic imine (C=N–C) groups is 1. The van der Waals surface area contributed by atoms with Crippen LogP contribution >= 0.6 is 24.0 Å². The molecule has 1 aromatic rings. The van der Waals surface area contributed by atoms with Gasteiger partial charge in [-0.2, -0.15) is 0 Å². The molecule has 1 aliphatic heterocycles. The van der Waals surface area contributed by atoms with Crippen LogP contribution < -0.4 is 15.4 Å². The molecule has 2 rings (SSSR count). The predicted molar refractivity (Wildman–Crippen MR) is 113 cm³/mol. The van der Waals surface area contributed by atoms with Crippen LogP contribution in [-0.4, -0.2) is 55.6 Å². The molecule has 1 fully saturated rings. The molecule has 0 aromatic carbocycles. The van der Waals surface area contributed by atoms with Crippen LogP contribution in [0.3, 0.4) is 0 Å². The summed E-state index contributed by atoms with van der Waals surface area (Å²) in [5.74, 6) is 1.36. The van der Waals surface area contributed by atoms with Crippen molar-refractivity contribution in [3.05, 3.63) is 23.9 Å². The van der Waals surface area contributed by atoms with Crippen molar-refractivity contribution in [2.45, 2.75) is 39.3 Å². The summed E-state index contributed by atoms with van der Waals surface area (Å²) in [5, 5.41) is 15.9. The molecular formula is C18H31IN4O3.